The maximum Gasteiger partial charge on any atom is 0.404 e. The molecule has 0 aliphatic carbocycles. The second kappa shape index (κ2) is 13.4. The van der Waals surface area contributed by atoms with Crippen molar-refractivity contribution in [1.29, 1.82) is 0 Å². The molecule has 14 nitrogen and oxygen atoms in total. The third-order valence-corrected chi connectivity index (χ3v) is 6.57. The lowest BCUT2D eigenvalue weighted by Crippen LogP contribution is -2.41. The number of aromatic nitrogens is 3. The van der Waals surface area contributed by atoms with Gasteiger partial charge in [-0.2, -0.15) is 5.10 Å². The molecule has 0 radical (unpaired) electrons. The Morgan fingerprint density at radius 3 is 2.54 bits per heavy atom. The average Bonchev–Trinajstić information content (AvgIpc) is 3.26. The minimum atomic E-state index is -3.03. The first-order chi connectivity index (χ1) is 16.6. The molecule has 196 valence electrons. The van der Waals surface area contributed by atoms with Gasteiger partial charge < -0.3 is 35.7 Å². The standard InChI is InChI=1S/C20H33N6O8P/c1-4-12(5-2)8-32-19(29)11(3)25-35(31)33-9-15(34-20(22)30)17(28)16(27)13-6-7-14-18(21)23-10-24-26(13)14/h6-7,10-12,15-17,27-28,35H,4-5,8-9H2,1-3H3,(H2,22,30)(H,25,31)(H2,21,23,24)/t11-,15+,16-,17+/m0/s1. The SMILES string of the molecule is CCC(CC)COC(=O)[C@H](C)N[PH](=O)OC[C@@H](OC(N)=O)[C@@H](O)[C@@H](O)c1ccc2c(N)ncnn12. The Bertz CT molecular complexity index is 1020. The number of aliphatic hydroxyl groups is 2. The highest BCUT2D eigenvalue weighted by Gasteiger charge is 2.33. The normalized spacial score (nSPS) is 15.9. The highest BCUT2D eigenvalue weighted by atomic mass is 31.1. The summed E-state index contributed by atoms with van der Waals surface area (Å²) in [7, 11) is -3.03. The Labute approximate surface area is 202 Å². The number of fused-ring (bicyclic) bond motifs is 1. The van der Waals surface area contributed by atoms with Crippen LogP contribution in [0.4, 0.5) is 10.6 Å². The molecule has 1 unspecified atom stereocenters. The molecule has 0 aliphatic heterocycles. The lowest BCUT2D eigenvalue weighted by atomic mass is 10.1. The van der Waals surface area contributed by atoms with E-state index in [4.69, 9.17) is 25.5 Å². The van der Waals surface area contributed by atoms with Crippen LogP contribution >= 0.6 is 8.18 Å². The number of esters is 1. The van der Waals surface area contributed by atoms with E-state index in [1.807, 2.05) is 13.8 Å². The zero-order valence-electron chi connectivity index (χ0n) is 19.8. The molecule has 0 saturated carbocycles. The number of nitrogens with one attached hydrogen (secondary N) is 1. The summed E-state index contributed by atoms with van der Waals surface area (Å²) in [5.41, 5.74) is 11.3. The number of carbonyl (C=O) groups is 2. The Hall–Kier alpha value is -2.77. The van der Waals surface area contributed by atoms with Crippen LogP contribution in [-0.4, -0.2) is 68.3 Å². The minimum absolute atomic E-state index is 0.124. The summed E-state index contributed by atoms with van der Waals surface area (Å²) in [4.78, 5) is 27.3. The number of amides is 1. The summed E-state index contributed by atoms with van der Waals surface area (Å²) in [5, 5.41) is 27.8. The Morgan fingerprint density at radius 2 is 1.91 bits per heavy atom. The van der Waals surface area contributed by atoms with Crippen molar-refractivity contribution in [2.45, 2.75) is 58.0 Å². The van der Waals surface area contributed by atoms with Gasteiger partial charge in [-0.1, -0.05) is 26.7 Å². The van der Waals surface area contributed by atoms with Gasteiger partial charge in [0.05, 0.1) is 18.9 Å². The van der Waals surface area contributed by atoms with Gasteiger partial charge in [0.1, 0.15) is 30.1 Å². The summed E-state index contributed by atoms with van der Waals surface area (Å²) >= 11 is 0. The topological polar surface area (TPSA) is 214 Å². The van der Waals surface area contributed by atoms with Gasteiger partial charge in [0.15, 0.2) is 11.9 Å². The largest absolute Gasteiger partial charge is 0.464 e. The Kier molecular flexibility index (Phi) is 10.9. The number of aliphatic hydroxyl groups excluding tert-OH is 2. The molecule has 7 N–H and O–H groups in total. The summed E-state index contributed by atoms with van der Waals surface area (Å²) < 4.78 is 28.8. The summed E-state index contributed by atoms with van der Waals surface area (Å²) in [5.74, 6) is -0.210. The van der Waals surface area contributed by atoms with Crippen LogP contribution in [0.25, 0.3) is 5.52 Å². The first kappa shape index (κ1) is 28.5. The number of carbonyl (C=O) groups excluding carboxylic acids is 2. The number of hydrogen-bond donors (Lipinski definition) is 5. The molecule has 0 bridgehead atoms. The van der Waals surface area contributed by atoms with Crippen LogP contribution in [0.15, 0.2) is 18.5 Å². The van der Waals surface area contributed by atoms with Gasteiger partial charge in [-0.25, -0.2) is 19.4 Å². The van der Waals surface area contributed by atoms with Gasteiger partial charge >= 0.3 is 12.1 Å². The second-order valence-electron chi connectivity index (χ2n) is 7.89. The van der Waals surface area contributed by atoms with Crippen molar-refractivity contribution in [2.75, 3.05) is 18.9 Å². The zero-order chi connectivity index (χ0) is 26.1. The van der Waals surface area contributed by atoms with Gasteiger partial charge in [-0.15, -0.1) is 0 Å². The zero-order valence-corrected chi connectivity index (χ0v) is 20.8. The fourth-order valence-corrected chi connectivity index (χ4v) is 4.08. The monoisotopic (exact) mass is 516 g/mol. The van der Waals surface area contributed by atoms with Crippen molar-refractivity contribution >= 4 is 31.6 Å². The van der Waals surface area contributed by atoms with Crippen LogP contribution < -0.4 is 16.6 Å². The number of hydrogen-bond acceptors (Lipinski definition) is 11. The molecule has 0 spiro atoms. The van der Waals surface area contributed by atoms with E-state index >= 15 is 0 Å². The van der Waals surface area contributed by atoms with E-state index < -0.39 is 51.2 Å². The predicted octanol–water partition coefficient (Wildman–Crippen LogP) is 0.534. The number of rotatable bonds is 14. The fourth-order valence-electron chi connectivity index (χ4n) is 3.21. The summed E-state index contributed by atoms with van der Waals surface area (Å²) in [6.07, 6.45) is -3.22. The van der Waals surface area contributed by atoms with E-state index in [2.05, 4.69) is 15.2 Å². The number of nitrogens with zero attached hydrogens (tertiary/aromatic N) is 3. The third-order valence-electron chi connectivity index (χ3n) is 5.47. The van der Waals surface area contributed by atoms with Crippen LogP contribution in [0.5, 0.6) is 0 Å². The molecule has 0 saturated heterocycles. The number of anilines is 1. The van der Waals surface area contributed by atoms with Gasteiger partial charge in [-0.3, -0.25) is 9.36 Å². The second-order valence-corrected chi connectivity index (χ2v) is 9.04. The molecule has 0 fully saturated rings. The first-order valence-corrected chi connectivity index (χ1v) is 12.4. The van der Waals surface area contributed by atoms with E-state index in [9.17, 15) is 24.4 Å². The predicted molar refractivity (Wildman–Crippen MR) is 125 cm³/mol. The number of ether oxygens (including phenoxy) is 2. The van der Waals surface area contributed by atoms with Crippen molar-refractivity contribution < 1.29 is 38.4 Å². The maximum atomic E-state index is 12.3. The van der Waals surface area contributed by atoms with Crippen molar-refractivity contribution in [3.8, 4) is 0 Å². The van der Waals surface area contributed by atoms with Crippen molar-refractivity contribution in [3.05, 3.63) is 24.2 Å². The number of nitrogens with two attached hydrogens (primary N) is 2. The molecule has 2 aromatic rings. The molecule has 2 rings (SSSR count). The molecule has 0 aliphatic rings. The lowest BCUT2D eigenvalue weighted by Gasteiger charge is -2.26. The smallest absolute Gasteiger partial charge is 0.404 e. The molecule has 1 amide bonds. The van der Waals surface area contributed by atoms with E-state index in [0.29, 0.717) is 5.52 Å². The van der Waals surface area contributed by atoms with E-state index in [1.165, 1.54) is 29.9 Å². The van der Waals surface area contributed by atoms with Gasteiger partial charge in [0.25, 0.3) is 8.18 Å². The summed E-state index contributed by atoms with van der Waals surface area (Å²) in [6, 6.07) is 2.06. The van der Waals surface area contributed by atoms with Crippen molar-refractivity contribution in [3.63, 3.8) is 0 Å². The van der Waals surface area contributed by atoms with Crippen LogP contribution in [0.1, 0.15) is 45.4 Å². The Balaban J connectivity index is 1.99. The molecular formula is C20H33N6O8P. The molecule has 35 heavy (non-hydrogen) atoms. The molecular weight excluding hydrogens is 483 g/mol. The molecule has 2 heterocycles. The highest BCUT2D eigenvalue weighted by molar-refractivity contribution is 7.36. The van der Waals surface area contributed by atoms with Crippen LogP contribution in [-0.2, 0) is 23.4 Å². The average molecular weight is 516 g/mol. The lowest BCUT2D eigenvalue weighted by molar-refractivity contribution is -0.146. The summed E-state index contributed by atoms with van der Waals surface area (Å²) in [6.45, 7) is 5.11. The van der Waals surface area contributed by atoms with Crippen molar-refractivity contribution in [1.82, 2.24) is 19.7 Å². The Morgan fingerprint density at radius 1 is 1.23 bits per heavy atom. The van der Waals surface area contributed by atoms with Crippen LogP contribution in [0, 0.1) is 5.92 Å². The molecule has 0 aromatic carbocycles. The third kappa shape index (κ3) is 7.87. The molecule has 2 aromatic heterocycles. The molecule has 5 atom stereocenters. The van der Waals surface area contributed by atoms with Crippen molar-refractivity contribution in [2.24, 2.45) is 11.7 Å². The van der Waals surface area contributed by atoms with Gasteiger partial charge in [0, 0.05) is 0 Å². The van der Waals surface area contributed by atoms with Gasteiger partial charge in [-0.05, 0) is 25.0 Å². The van der Waals surface area contributed by atoms with E-state index in [0.717, 1.165) is 12.8 Å². The fraction of sp³-hybridized carbons (Fsp3) is 0.600. The minimum Gasteiger partial charge on any atom is -0.464 e. The first-order valence-electron chi connectivity index (χ1n) is 11.1. The number of primary amides is 1. The van der Waals surface area contributed by atoms with E-state index in [-0.39, 0.29) is 24.0 Å². The van der Waals surface area contributed by atoms with Gasteiger partial charge in [0.2, 0.25) is 0 Å². The van der Waals surface area contributed by atoms with E-state index in [1.54, 1.807) is 0 Å². The quantitative estimate of drug-likeness (QED) is 0.172. The number of nitrogen functional groups attached to an aromatic ring is 1. The van der Waals surface area contributed by atoms with Crippen LogP contribution in [0.2, 0.25) is 0 Å². The highest BCUT2D eigenvalue weighted by Crippen LogP contribution is 2.26. The maximum absolute atomic E-state index is 12.3. The molecule has 15 heteroatoms. The van der Waals surface area contributed by atoms with Crippen LogP contribution in [0.3, 0.4) is 0 Å².